The number of nitrogens with zero attached hydrogens (tertiary/aromatic N) is 2. The van der Waals surface area contributed by atoms with Crippen molar-refractivity contribution in [3.05, 3.63) is 54.1 Å². The molecule has 0 aliphatic carbocycles. The van der Waals surface area contributed by atoms with Crippen molar-refractivity contribution in [2.45, 2.75) is 0 Å². The van der Waals surface area contributed by atoms with Crippen molar-refractivity contribution >= 4 is 12.0 Å². The summed E-state index contributed by atoms with van der Waals surface area (Å²) >= 11 is 0. The third-order valence-corrected chi connectivity index (χ3v) is 2.17. The van der Waals surface area contributed by atoms with Crippen LogP contribution in [0.5, 0.6) is 0 Å². The fraction of sp³-hybridized carbons (Fsp3) is 0. The van der Waals surface area contributed by atoms with Crippen molar-refractivity contribution in [3.63, 3.8) is 0 Å². The van der Waals surface area contributed by atoms with E-state index in [1.165, 1.54) is 16.8 Å². The molecule has 17 heavy (non-hydrogen) atoms. The third-order valence-electron chi connectivity index (χ3n) is 2.17. The van der Waals surface area contributed by atoms with E-state index in [9.17, 15) is 9.18 Å². The van der Waals surface area contributed by atoms with Gasteiger partial charge in [0.1, 0.15) is 5.82 Å². The summed E-state index contributed by atoms with van der Waals surface area (Å²) < 4.78 is 15.1. The van der Waals surface area contributed by atoms with E-state index in [2.05, 4.69) is 5.10 Å². The molecular formula is C12H9FN2O2. The van der Waals surface area contributed by atoms with Gasteiger partial charge in [-0.15, -0.1) is 0 Å². The summed E-state index contributed by atoms with van der Waals surface area (Å²) in [6, 6.07) is 6.19. The highest BCUT2D eigenvalue weighted by molar-refractivity contribution is 5.86. The average molecular weight is 232 g/mol. The lowest BCUT2D eigenvalue weighted by Crippen LogP contribution is -1.99. The Morgan fingerprint density at radius 3 is 2.88 bits per heavy atom. The summed E-state index contributed by atoms with van der Waals surface area (Å²) in [6.45, 7) is 0. The SMILES string of the molecule is O=C(O)/C=C/c1c(F)cccc1-n1cccn1. The molecule has 4 nitrogen and oxygen atoms in total. The maximum atomic E-state index is 13.6. The van der Waals surface area contributed by atoms with Crippen molar-refractivity contribution < 1.29 is 14.3 Å². The molecule has 1 heterocycles. The van der Waals surface area contributed by atoms with Gasteiger partial charge in [-0.05, 0) is 24.3 Å². The molecule has 0 spiro atoms. The number of carboxylic acid groups (broad SMARTS) is 1. The highest BCUT2D eigenvalue weighted by Gasteiger charge is 2.07. The molecule has 0 fully saturated rings. The predicted octanol–water partition coefficient (Wildman–Crippen LogP) is 2.11. The molecule has 1 N–H and O–H groups in total. The van der Waals surface area contributed by atoms with Crippen LogP contribution < -0.4 is 0 Å². The maximum Gasteiger partial charge on any atom is 0.328 e. The second-order valence-electron chi connectivity index (χ2n) is 3.29. The van der Waals surface area contributed by atoms with Crippen molar-refractivity contribution in [1.29, 1.82) is 0 Å². The summed E-state index contributed by atoms with van der Waals surface area (Å²) in [6.07, 6.45) is 5.34. The zero-order chi connectivity index (χ0) is 12.3. The van der Waals surface area contributed by atoms with E-state index in [1.54, 1.807) is 30.6 Å². The minimum absolute atomic E-state index is 0.193. The molecular weight excluding hydrogens is 223 g/mol. The van der Waals surface area contributed by atoms with E-state index < -0.39 is 11.8 Å². The average Bonchev–Trinajstić information content (AvgIpc) is 2.80. The van der Waals surface area contributed by atoms with Crippen LogP contribution in [0, 0.1) is 5.82 Å². The Labute approximate surface area is 96.6 Å². The van der Waals surface area contributed by atoms with Gasteiger partial charge in [-0.25, -0.2) is 13.9 Å². The minimum atomic E-state index is -1.13. The summed E-state index contributed by atoms with van der Waals surface area (Å²) in [5.74, 6) is -1.62. The molecule has 0 aliphatic rings. The van der Waals surface area contributed by atoms with Crippen LogP contribution in [0.3, 0.4) is 0 Å². The molecule has 5 heteroatoms. The van der Waals surface area contributed by atoms with Gasteiger partial charge in [0.2, 0.25) is 0 Å². The molecule has 0 aliphatic heterocycles. The standard InChI is InChI=1S/C12H9FN2O2/c13-10-3-1-4-11(15-8-2-7-14-15)9(10)5-6-12(16)17/h1-8H,(H,16,17)/b6-5+. The van der Waals surface area contributed by atoms with Gasteiger partial charge in [0, 0.05) is 24.0 Å². The molecule has 0 amide bonds. The highest BCUT2D eigenvalue weighted by Crippen LogP contribution is 2.18. The summed E-state index contributed by atoms with van der Waals surface area (Å²) in [5.41, 5.74) is 0.686. The number of carbonyl (C=O) groups is 1. The minimum Gasteiger partial charge on any atom is -0.478 e. The van der Waals surface area contributed by atoms with Crippen molar-refractivity contribution in [2.75, 3.05) is 0 Å². The summed E-state index contributed by atoms with van der Waals surface area (Å²) in [4.78, 5) is 10.5. The molecule has 0 atom stereocenters. The van der Waals surface area contributed by atoms with Crippen LogP contribution in [-0.4, -0.2) is 20.9 Å². The first-order chi connectivity index (χ1) is 8.18. The Morgan fingerprint density at radius 2 is 2.24 bits per heavy atom. The van der Waals surface area contributed by atoms with Crippen LogP contribution in [-0.2, 0) is 4.79 Å². The van der Waals surface area contributed by atoms with Crippen molar-refractivity contribution in [1.82, 2.24) is 9.78 Å². The molecule has 1 aromatic heterocycles. The van der Waals surface area contributed by atoms with E-state index >= 15 is 0 Å². The smallest absolute Gasteiger partial charge is 0.328 e. The number of rotatable bonds is 3. The predicted molar refractivity (Wildman–Crippen MR) is 60.2 cm³/mol. The maximum absolute atomic E-state index is 13.6. The molecule has 86 valence electrons. The largest absolute Gasteiger partial charge is 0.478 e. The Morgan fingerprint density at radius 1 is 1.41 bits per heavy atom. The van der Waals surface area contributed by atoms with Crippen LogP contribution >= 0.6 is 0 Å². The number of halogens is 1. The van der Waals surface area contributed by atoms with Gasteiger partial charge in [0.05, 0.1) is 5.69 Å². The highest BCUT2D eigenvalue weighted by atomic mass is 19.1. The van der Waals surface area contributed by atoms with E-state index in [1.807, 2.05) is 0 Å². The Bertz CT molecular complexity index is 562. The lowest BCUT2D eigenvalue weighted by Gasteiger charge is -2.06. The Kier molecular flexibility index (Phi) is 3.00. The summed E-state index contributed by atoms with van der Waals surface area (Å²) in [5, 5.41) is 12.5. The van der Waals surface area contributed by atoms with Gasteiger partial charge in [-0.3, -0.25) is 0 Å². The van der Waals surface area contributed by atoms with Crippen LogP contribution in [0.25, 0.3) is 11.8 Å². The molecule has 0 unspecified atom stereocenters. The molecule has 0 saturated heterocycles. The van der Waals surface area contributed by atoms with Gasteiger partial charge in [-0.2, -0.15) is 5.10 Å². The Hall–Kier alpha value is -2.43. The quantitative estimate of drug-likeness (QED) is 0.824. The summed E-state index contributed by atoms with van der Waals surface area (Å²) in [7, 11) is 0. The molecule has 2 rings (SSSR count). The molecule has 0 saturated carbocycles. The molecule has 1 aromatic carbocycles. The lowest BCUT2D eigenvalue weighted by molar-refractivity contribution is -0.131. The molecule has 0 radical (unpaired) electrons. The fourth-order valence-electron chi connectivity index (χ4n) is 1.46. The second-order valence-corrected chi connectivity index (χ2v) is 3.29. The first-order valence-electron chi connectivity index (χ1n) is 4.88. The zero-order valence-corrected chi connectivity index (χ0v) is 8.75. The number of aromatic nitrogens is 2. The van der Waals surface area contributed by atoms with Gasteiger partial charge in [-0.1, -0.05) is 6.07 Å². The van der Waals surface area contributed by atoms with E-state index in [0.717, 1.165) is 6.08 Å². The second kappa shape index (κ2) is 4.61. The number of carboxylic acids is 1. The van der Waals surface area contributed by atoms with E-state index in [4.69, 9.17) is 5.11 Å². The topological polar surface area (TPSA) is 55.1 Å². The monoisotopic (exact) mass is 232 g/mol. The first-order valence-corrected chi connectivity index (χ1v) is 4.88. The van der Waals surface area contributed by atoms with E-state index in [0.29, 0.717) is 5.69 Å². The van der Waals surface area contributed by atoms with E-state index in [-0.39, 0.29) is 5.56 Å². The van der Waals surface area contributed by atoms with Crippen molar-refractivity contribution in [3.8, 4) is 5.69 Å². The zero-order valence-electron chi connectivity index (χ0n) is 8.75. The number of hydrogen-bond acceptors (Lipinski definition) is 2. The fourth-order valence-corrected chi connectivity index (χ4v) is 1.46. The van der Waals surface area contributed by atoms with Crippen LogP contribution in [0.2, 0.25) is 0 Å². The van der Waals surface area contributed by atoms with Gasteiger partial charge < -0.3 is 5.11 Å². The van der Waals surface area contributed by atoms with Gasteiger partial charge in [0.25, 0.3) is 0 Å². The van der Waals surface area contributed by atoms with Gasteiger partial charge >= 0.3 is 5.97 Å². The number of aliphatic carboxylic acids is 1. The Balaban J connectivity index is 2.53. The van der Waals surface area contributed by atoms with Gasteiger partial charge in [0.15, 0.2) is 0 Å². The number of hydrogen-bond donors (Lipinski definition) is 1. The van der Waals surface area contributed by atoms with Crippen LogP contribution in [0.15, 0.2) is 42.7 Å². The number of benzene rings is 1. The van der Waals surface area contributed by atoms with Crippen molar-refractivity contribution in [2.24, 2.45) is 0 Å². The lowest BCUT2D eigenvalue weighted by atomic mass is 10.1. The van der Waals surface area contributed by atoms with Crippen LogP contribution in [0.4, 0.5) is 4.39 Å². The van der Waals surface area contributed by atoms with Crippen LogP contribution in [0.1, 0.15) is 5.56 Å². The first kappa shape index (κ1) is 11.1. The molecule has 0 bridgehead atoms. The normalized spacial score (nSPS) is 10.9. The molecule has 2 aromatic rings. The third kappa shape index (κ3) is 2.39.